The van der Waals surface area contributed by atoms with Crippen molar-refractivity contribution in [1.82, 2.24) is 15.1 Å². The third-order valence-corrected chi connectivity index (χ3v) is 7.33. The topological polar surface area (TPSA) is 71.3 Å². The van der Waals surface area contributed by atoms with Crippen LogP contribution >= 0.6 is 23.4 Å². The quantitative estimate of drug-likeness (QED) is 0.491. The van der Waals surface area contributed by atoms with Gasteiger partial charge in [0.25, 0.3) is 5.22 Å². The van der Waals surface area contributed by atoms with E-state index in [-0.39, 0.29) is 5.91 Å². The lowest BCUT2D eigenvalue weighted by molar-refractivity contribution is -0.135. The molecule has 2 saturated carbocycles. The summed E-state index contributed by atoms with van der Waals surface area (Å²) in [6.07, 6.45) is 12.1. The van der Waals surface area contributed by atoms with Gasteiger partial charge in [-0.1, -0.05) is 61.9 Å². The van der Waals surface area contributed by atoms with Gasteiger partial charge in [-0.2, -0.15) is 0 Å². The lowest BCUT2D eigenvalue weighted by Gasteiger charge is -2.41. The minimum Gasteiger partial charge on any atom is -0.414 e. The Morgan fingerprint density at radius 2 is 1.61 bits per heavy atom. The molecule has 2 aromatic rings. The predicted octanol–water partition coefficient (Wildman–Crippen LogP) is 5.92. The van der Waals surface area contributed by atoms with Crippen molar-refractivity contribution < 1.29 is 9.21 Å². The summed E-state index contributed by atoms with van der Waals surface area (Å²) in [5, 5.41) is 12.6. The molecule has 0 aliphatic heterocycles. The van der Waals surface area contributed by atoms with Crippen molar-refractivity contribution in [3.63, 3.8) is 0 Å². The van der Waals surface area contributed by atoms with E-state index in [2.05, 4.69) is 20.4 Å². The van der Waals surface area contributed by atoms with E-state index in [9.17, 15) is 4.79 Å². The average molecular weight is 463 g/mol. The van der Waals surface area contributed by atoms with Gasteiger partial charge < -0.3 is 14.6 Å². The van der Waals surface area contributed by atoms with Crippen molar-refractivity contribution >= 4 is 35.0 Å². The van der Waals surface area contributed by atoms with Gasteiger partial charge in [-0.15, -0.1) is 10.2 Å². The molecule has 6 nitrogen and oxygen atoms in total. The van der Waals surface area contributed by atoms with E-state index < -0.39 is 0 Å². The normalized spacial score (nSPS) is 18.1. The molecule has 168 valence electrons. The minimum absolute atomic E-state index is 0.225. The van der Waals surface area contributed by atoms with E-state index >= 15 is 0 Å². The maximum absolute atomic E-state index is 13.3. The van der Waals surface area contributed by atoms with Crippen LogP contribution in [0.25, 0.3) is 0 Å². The largest absolute Gasteiger partial charge is 0.414 e. The molecular weight excluding hydrogens is 432 g/mol. The van der Waals surface area contributed by atoms with E-state index in [0.717, 1.165) is 31.4 Å². The molecule has 0 atom stereocenters. The van der Waals surface area contributed by atoms with Crippen LogP contribution in [-0.4, -0.2) is 38.8 Å². The first kappa shape index (κ1) is 22.5. The van der Waals surface area contributed by atoms with Crippen molar-refractivity contribution in [2.75, 3.05) is 11.1 Å². The molecule has 0 bridgehead atoms. The highest BCUT2D eigenvalue weighted by atomic mass is 35.5. The average Bonchev–Trinajstić information content (AvgIpc) is 3.27. The first-order chi connectivity index (χ1) is 15.2. The number of hydrogen-bond acceptors (Lipinski definition) is 6. The van der Waals surface area contributed by atoms with E-state index in [0.29, 0.717) is 40.5 Å². The minimum atomic E-state index is 0.225. The molecule has 31 heavy (non-hydrogen) atoms. The van der Waals surface area contributed by atoms with Gasteiger partial charge in [-0.05, 0) is 49.9 Å². The van der Waals surface area contributed by atoms with Crippen molar-refractivity contribution in [2.45, 2.75) is 88.1 Å². The first-order valence-corrected chi connectivity index (χ1v) is 12.8. The van der Waals surface area contributed by atoms with Crippen LogP contribution in [-0.2, 0) is 11.3 Å². The van der Waals surface area contributed by atoms with Gasteiger partial charge in [-0.3, -0.25) is 4.79 Å². The number of rotatable bonds is 8. The Labute approximate surface area is 193 Å². The molecule has 0 unspecified atom stereocenters. The SMILES string of the molecule is O=C(CSc1nnc(CNc2ccc(Cl)cc2)o1)N(C1CCCCC1)C1CCCCC1. The highest BCUT2D eigenvalue weighted by molar-refractivity contribution is 7.99. The summed E-state index contributed by atoms with van der Waals surface area (Å²) < 4.78 is 5.73. The van der Waals surface area contributed by atoms with Crippen LogP contribution in [0.4, 0.5) is 5.69 Å². The number of hydrogen-bond donors (Lipinski definition) is 1. The molecule has 1 heterocycles. The van der Waals surface area contributed by atoms with Crippen molar-refractivity contribution in [3.8, 4) is 0 Å². The van der Waals surface area contributed by atoms with E-state index in [1.54, 1.807) is 0 Å². The third-order valence-electron chi connectivity index (χ3n) is 6.28. The van der Waals surface area contributed by atoms with Gasteiger partial charge in [0.05, 0.1) is 12.3 Å². The van der Waals surface area contributed by atoms with E-state index in [4.69, 9.17) is 16.0 Å². The summed E-state index contributed by atoms with van der Waals surface area (Å²) >= 11 is 7.26. The number of thioether (sulfide) groups is 1. The van der Waals surface area contributed by atoms with E-state index in [1.165, 1.54) is 50.3 Å². The Morgan fingerprint density at radius 1 is 1.00 bits per heavy atom. The molecule has 0 radical (unpaired) electrons. The molecule has 1 aromatic carbocycles. The number of amides is 1. The third kappa shape index (κ3) is 6.39. The molecule has 2 aliphatic rings. The molecular formula is C23H31ClN4O2S. The molecule has 8 heteroatoms. The van der Waals surface area contributed by atoms with Crippen molar-refractivity contribution in [3.05, 3.63) is 35.2 Å². The second-order valence-electron chi connectivity index (χ2n) is 8.50. The fraction of sp³-hybridized carbons (Fsp3) is 0.609. The van der Waals surface area contributed by atoms with Gasteiger partial charge in [0.2, 0.25) is 11.8 Å². The summed E-state index contributed by atoms with van der Waals surface area (Å²) in [6, 6.07) is 8.28. The Bertz CT molecular complexity index is 814. The number of nitrogens with one attached hydrogen (secondary N) is 1. The number of benzene rings is 1. The molecule has 1 aromatic heterocycles. The Morgan fingerprint density at radius 3 is 2.23 bits per heavy atom. The smallest absolute Gasteiger partial charge is 0.277 e. The van der Waals surface area contributed by atoms with Crippen LogP contribution in [0.2, 0.25) is 5.02 Å². The zero-order chi connectivity index (χ0) is 21.5. The van der Waals surface area contributed by atoms with Gasteiger partial charge >= 0.3 is 0 Å². The summed E-state index contributed by atoms with van der Waals surface area (Å²) in [4.78, 5) is 15.5. The Hall–Kier alpha value is -1.73. The standard InChI is InChI=1S/C23H31ClN4O2S/c24-17-11-13-18(14-12-17)25-15-21-26-27-23(30-21)31-16-22(29)28(19-7-3-1-4-8-19)20-9-5-2-6-10-20/h11-14,19-20,25H,1-10,15-16H2. The maximum Gasteiger partial charge on any atom is 0.277 e. The lowest BCUT2D eigenvalue weighted by atomic mass is 9.88. The van der Waals surface area contributed by atoms with Crippen LogP contribution in [0.5, 0.6) is 0 Å². The number of nitrogens with zero attached hydrogens (tertiary/aromatic N) is 3. The molecule has 4 rings (SSSR count). The summed E-state index contributed by atoms with van der Waals surface area (Å²) in [7, 11) is 0. The van der Waals surface area contributed by atoms with Crippen molar-refractivity contribution in [1.29, 1.82) is 0 Å². The van der Waals surface area contributed by atoms with Crippen LogP contribution < -0.4 is 5.32 Å². The number of carbonyl (C=O) groups is 1. The summed E-state index contributed by atoms with van der Waals surface area (Å²) in [5.41, 5.74) is 0.933. The van der Waals surface area contributed by atoms with Crippen molar-refractivity contribution in [2.24, 2.45) is 0 Å². The van der Waals surface area contributed by atoms with Crippen LogP contribution in [0, 0.1) is 0 Å². The maximum atomic E-state index is 13.3. The molecule has 2 fully saturated rings. The van der Waals surface area contributed by atoms with Gasteiger partial charge in [0.1, 0.15) is 0 Å². The summed E-state index contributed by atoms with van der Waals surface area (Å²) in [6.45, 7) is 0.430. The Kier molecular flexibility index (Phi) is 8.14. The fourth-order valence-electron chi connectivity index (χ4n) is 4.74. The second kappa shape index (κ2) is 11.2. The van der Waals surface area contributed by atoms with Gasteiger partial charge in [0, 0.05) is 22.8 Å². The number of aromatic nitrogens is 2. The van der Waals surface area contributed by atoms with Crippen LogP contribution in [0.15, 0.2) is 33.9 Å². The molecule has 0 saturated heterocycles. The molecule has 2 aliphatic carbocycles. The Balaban J connectivity index is 1.31. The molecule has 1 N–H and O–H groups in total. The van der Waals surface area contributed by atoms with Gasteiger partial charge in [-0.25, -0.2) is 0 Å². The number of anilines is 1. The zero-order valence-corrected chi connectivity index (χ0v) is 19.5. The lowest BCUT2D eigenvalue weighted by Crippen LogP contribution is -2.49. The molecule has 1 amide bonds. The number of carbonyl (C=O) groups excluding carboxylic acids is 1. The van der Waals surface area contributed by atoms with Crippen LogP contribution in [0.3, 0.4) is 0 Å². The number of halogens is 1. The van der Waals surface area contributed by atoms with Crippen LogP contribution in [0.1, 0.15) is 70.1 Å². The monoisotopic (exact) mass is 462 g/mol. The highest BCUT2D eigenvalue weighted by Gasteiger charge is 2.32. The second-order valence-corrected chi connectivity index (χ2v) is 9.86. The summed E-state index contributed by atoms with van der Waals surface area (Å²) in [5.74, 6) is 1.09. The zero-order valence-electron chi connectivity index (χ0n) is 17.9. The predicted molar refractivity (Wildman–Crippen MR) is 124 cm³/mol. The highest BCUT2D eigenvalue weighted by Crippen LogP contribution is 2.31. The van der Waals surface area contributed by atoms with E-state index in [1.807, 2.05) is 24.3 Å². The first-order valence-electron chi connectivity index (χ1n) is 11.4. The fourth-order valence-corrected chi connectivity index (χ4v) is 5.51. The molecule has 0 spiro atoms. The van der Waals surface area contributed by atoms with Gasteiger partial charge in [0.15, 0.2) is 0 Å².